The van der Waals surface area contributed by atoms with Crippen LogP contribution in [0.3, 0.4) is 0 Å². The van der Waals surface area contributed by atoms with Crippen LogP contribution >= 0.6 is 11.6 Å². The zero-order chi connectivity index (χ0) is 20.1. The molecule has 0 bridgehead atoms. The minimum Gasteiger partial charge on any atom is -0.368 e. The highest BCUT2D eigenvalue weighted by Gasteiger charge is 2.08. The van der Waals surface area contributed by atoms with Crippen molar-refractivity contribution in [3.8, 4) is 5.82 Å². The molecule has 0 fully saturated rings. The summed E-state index contributed by atoms with van der Waals surface area (Å²) < 4.78 is 1.78. The van der Waals surface area contributed by atoms with Crippen molar-refractivity contribution in [1.29, 1.82) is 0 Å². The van der Waals surface area contributed by atoms with Gasteiger partial charge in [-0.25, -0.2) is 19.4 Å². The maximum atomic E-state index is 11.9. The van der Waals surface area contributed by atoms with E-state index in [1.54, 1.807) is 28.9 Å². The Bertz CT molecular complexity index is 969. The van der Waals surface area contributed by atoms with Crippen LogP contribution in [-0.4, -0.2) is 38.9 Å². The van der Waals surface area contributed by atoms with E-state index in [4.69, 9.17) is 11.6 Å². The highest BCUT2D eigenvalue weighted by atomic mass is 35.5. The number of benzene rings is 1. The van der Waals surface area contributed by atoms with E-state index in [2.05, 4.69) is 31.0 Å². The third-order valence-corrected chi connectivity index (χ3v) is 4.12. The zero-order valence-corrected chi connectivity index (χ0v) is 16.7. The first-order chi connectivity index (χ1) is 13.4. The van der Waals surface area contributed by atoms with Gasteiger partial charge in [0.1, 0.15) is 11.6 Å². The summed E-state index contributed by atoms with van der Waals surface area (Å²) in [5.74, 6) is 2.02. The van der Waals surface area contributed by atoms with Gasteiger partial charge in [0.15, 0.2) is 5.82 Å². The summed E-state index contributed by atoms with van der Waals surface area (Å²) in [4.78, 5) is 20.8. The molecule has 2 aromatic heterocycles. The summed E-state index contributed by atoms with van der Waals surface area (Å²) in [7, 11) is 0. The van der Waals surface area contributed by atoms with Gasteiger partial charge in [-0.1, -0.05) is 11.6 Å². The lowest BCUT2D eigenvalue weighted by atomic mass is 10.3. The minimum absolute atomic E-state index is 0.286. The Labute approximate surface area is 168 Å². The summed E-state index contributed by atoms with van der Waals surface area (Å²) in [6.45, 7) is 6.70. The molecule has 28 heavy (non-hydrogen) atoms. The van der Waals surface area contributed by atoms with Crippen molar-refractivity contribution in [1.82, 2.24) is 25.1 Å². The molecule has 3 aromatic rings. The molecule has 2 amide bonds. The van der Waals surface area contributed by atoms with Gasteiger partial charge in [-0.05, 0) is 51.1 Å². The average molecular weight is 400 g/mol. The standard InChI is InChI=1S/C19H22ClN7O/c1-12-10-13(2)27(26-12)18-11-17(23-14(3)24-18)21-8-9-22-19(28)25-16-6-4-15(20)5-7-16/h4-7,10-11H,8-9H2,1-3H3,(H,21,23,24)(H2,22,25,28). The van der Waals surface area contributed by atoms with Crippen LogP contribution in [0.5, 0.6) is 0 Å². The van der Waals surface area contributed by atoms with E-state index in [9.17, 15) is 4.79 Å². The Morgan fingerprint density at radius 3 is 2.50 bits per heavy atom. The first kappa shape index (κ1) is 19.6. The summed E-state index contributed by atoms with van der Waals surface area (Å²) in [5.41, 5.74) is 2.61. The number of aromatic nitrogens is 4. The van der Waals surface area contributed by atoms with Gasteiger partial charge in [0.25, 0.3) is 0 Å². The van der Waals surface area contributed by atoms with E-state index in [0.717, 1.165) is 11.4 Å². The van der Waals surface area contributed by atoms with Crippen molar-refractivity contribution in [2.45, 2.75) is 20.8 Å². The first-order valence-electron chi connectivity index (χ1n) is 8.84. The highest BCUT2D eigenvalue weighted by Crippen LogP contribution is 2.14. The molecule has 146 valence electrons. The Balaban J connectivity index is 1.52. The van der Waals surface area contributed by atoms with Crippen LogP contribution in [0.1, 0.15) is 17.2 Å². The molecule has 0 aliphatic heterocycles. The van der Waals surface area contributed by atoms with Gasteiger partial charge in [0.2, 0.25) is 0 Å². The van der Waals surface area contributed by atoms with Crippen LogP contribution in [0.15, 0.2) is 36.4 Å². The van der Waals surface area contributed by atoms with Gasteiger partial charge in [0, 0.05) is 35.6 Å². The zero-order valence-electron chi connectivity index (χ0n) is 16.0. The predicted molar refractivity (Wildman–Crippen MR) is 110 cm³/mol. The number of carbonyl (C=O) groups is 1. The monoisotopic (exact) mass is 399 g/mol. The summed E-state index contributed by atoms with van der Waals surface area (Å²) in [6.07, 6.45) is 0. The molecule has 0 atom stereocenters. The number of nitrogens with one attached hydrogen (secondary N) is 3. The molecule has 0 saturated heterocycles. The van der Waals surface area contributed by atoms with Crippen molar-refractivity contribution in [3.05, 3.63) is 58.6 Å². The van der Waals surface area contributed by atoms with Gasteiger partial charge >= 0.3 is 6.03 Å². The molecule has 3 rings (SSSR count). The molecule has 8 nitrogen and oxygen atoms in total. The second kappa shape index (κ2) is 8.71. The lowest BCUT2D eigenvalue weighted by Gasteiger charge is -2.11. The number of hydrogen-bond acceptors (Lipinski definition) is 5. The van der Waals surface area contributed by atoms with E-state index in [1.165, 1.54) is 0 Å². The molecule has 3 N–H and O–H groups in total. The van der Waals surface area contributed by atoms with Crippen molar-refractivity contribution in [2.75, 3.05) is 23.7 Å². The number of carbonyl (C=O) groups excluding carboxylic acids is 1. The number of urea groups is 1. The van der Waals surface area contributed by atoms with Gasteiger partial charge < -0.3 is 16.0 Å². The van der Waals surface area contributed by atoms with Crippen molar-refractivity contribution in [3.63, 3.8) is 0 Å². The number of anilines is 2. The SMILES string of the molecule is Cc1cc(C)n(-c2cc(NCCNC(=O)Nc3ccc(Cl)cc3)nc(C)n2)n1. The molecule has 0 spiro atoms. The molecule has 0 aliphatic rings. The summed E-state index contributed by atoms with van der Waals surface area (Å²) in [6, 6.07) is 10.5. The fraction of sp³-hybridized carbons (Fsp3) is 0.263. The summed E-state index contributed by atoms with van der Waals surface area (Å²) >= 11 is 5.83. The van der Waals surface area contributed by atoms with Gasteiger partial charge in [-0.15, -0.1) is 0 Å². The Hall–Kier alpha value is -3.13. The minimum atomic E-state index is -0.286. The van der Waals surface area contributed by atoms with Crippen LogP contribution in [0, 0.1) is 20.8 Å². The number of halogens is 1. The van der Waals surface area contributed by atoms with Crippen molar-refractivity contribution >= 4 is 29.1 Å². The second-order valence-corrected chi connectivity index (χ2v) is 6.75. The molecule has 0 aliphatic carbocycles. The first-order valence-corrected chi connectivity index (χ1v) is 9.22. The normalized spacial score (nSPS) is 10.6. The van der Waals surface area contributed by atoms with E-state index < -0.39 is 0 Å². The molecule has 0 unspecified atom stereocenters. The number of rotatable bonds is 6. The molecular weight excluding hydrogens is 378 g/mol. The topological polar surface area (TPSA) is 96.8 Å². The average Bonchev–Trinajstić information content (AvgIpc) is 2.98. The number of hydrogen-bond donors (Lipinski definition) is 3. The van der Waals surface area contributed by atoms with Gasteiger partial charge in [-0.3, -0.25) is 0 Å². The van der Waals surface area contributed by atoms with Gasteiger partial charge in [-0.2, -0.15) is 5.10 Å². The Morgan fingerprint density at radius 2 is 1.82 bits per heavy atom. The molecular formula is C19H22ClN7O. The lowest BCUT2D eigenvalue weighted by Crippen LogP contribution is -2.32. The maximum absolute atomic E-state index is 11.9. The van der Waals surface area contributed by atoms with E-state index in [-0.39, 0.29) is 6.03 Å². The number of amides is 2. The third-order valence-electron chi connectivity index (χ3n) is 3.87. The number of nitrogens with zero attached hydrogens (tertiary/aromatic N) is 4. The van der Waals surface area contributed by atoms with E-state index in [1.807, 2.05) is 32.9 Å². The lowest BCUT2D eigenvalue weighted by molar-refractivity contribution is 0.252. The summed E-state index contributed by atoms with van der Waals surface area (Å²) in [5, 5.41) is 13.8. The molecule has 9 heteroatoms. The third kappa shape index (κ3) is 5.20. The van der Waals surface area contributed by atoms with Gasteiger partial charge in [0.05, 0.1) is 5.69 Å². The van der Waals surface area contributed by atoms with Crippen molar-refractivity contribution < 1.29 is 4.79 Å². The van der Waals surface area contributed by atoms with Crippen LogP contribution in [-0.2, 0) is 0 Å². The molecule has 1 aromatic carbocycles. The fourth-order valence-corrected chi connectivity index (χ4v) is 2.81. The Kier molecular flexibility index (Phi) is 6.10. The maximum Gasteiger partial charge on any atom is 0.319 e. The number of aryl methyl sites for hydroxylation is 3. The second-order valence-electron chi connectivity index (χ2n) is 6.31. The molecule has 2 heterocycles. The van der Waals surface area contributed by atoms with Crippen LogP contribution in [0.4, 0.5) is 16.3 Å². The van der Waals surface area contributed by atoms with E-state index >= 15 is 0 Å². The quantitative estimate of drug-likeness (QED) is 0.551. The van der Waals surface area contributed by atoms with E-state index in [0.29, 0.717) is 41.3 Å². The van der Waals surface area contributed by atoms with Crippen LogP contribution < -0.4 is 16.0 Å². The Morgan fingerprint density at radius 1 is 1.07 bits per heavy atom. The van der Waals surface area contributed by atoms with Crippen LogP contribution in [0.25, 0.3) is 5.82 Å². The fourth-order valence-electron chi connectivity index (χ4n) is 2.69. The van der Waals surface area contributed by atoms with Crippen molar-refractivity contribution in [2.24, 2.45) is 0 Å². The largest absolute Gasteiger partial charge is 0.368 e. The molecule has 0 saturated carbocycles. The smallest absolute Gasteiger partial charge is 0.319 e. The van der Waals surface area contributed by atoms with Crippen LogP contribution in [0.2, 0.25) is 5.02 Å². The highest BCUT2D eigenvalue weighted by molar-refractivity contribution is 6.30. The molecule has 0 radical (unpaired) electrons. The predicted octanol–water partition coefficient (Wildman–Crippen LogP) is 3.47.